The molecule has 100 valence electrons. The molecule has 0 aliphatic carbocycles. The highest BCUT2D eigenvalue weighted by Gasteiger charge is 2.02. The lowest BCUT2D eigenvalue weighted by Crippen LogP contribution is -1.88. The predicted molar refractivity (Wildman–Crippen MR) is 79.5 cm³/mol. The zero-order chi connectivity index (χ0) is 13.2. The fourth-order valence-electron chi connectivity index (χ4n) is 2.11. The molecule has 2 N–H and O–H groups in total. The van der Waals surface area contributed by atoms with E-state index in [1.165, 1.54) is 30.5 Å². The van der Waals surface area contributed by atoms with Crippen molar-refractivity contribution < 1.29 is 5.11 Å². The molecule has 0 bridgehead atoms. The number of allylic oxidation sites excluding steroid dienone is 1. The summed E-state index contributed by atoms with van der Waals surface area (Å²) in [6.45, 7) is 6.19. The van der Waals surface area contributed by atoms with E-state index in [1.807, 2.05) is 19.1 Å². The van der Waals surface area contributed by atoms with E-state index < -0.39 is 0 Å². The minimum atomic E-state index is 0.325. The summed E-state index contributed by atoms with van der Waals surface area (Å²) in [5.41, 5.74) is 3.63. The van der Waals surface area contributed by atoms with Crippen molar-refractivity contribution in [3.05, 3.63) is 35.7 Å². The molecule has 1 aromatic heterocycles. The van der Waals surface area contributed by atoms with Gasteiger partial charge >= 0.3 is 0 Å². The van der Waals surface area contributed by atoms with Gasteiger partial charge in [-0.1, -0.05) is 38.0 Å². The number of unbranched alkanes of at least 4 members (excludes halogenated alkanes) is 4. The van der Waals surface area contributed by atoms with Gasteiger partial charge in [-0.15, -0.1) is 0 Å². The number of rotatable bonds is 9. The molecule has 0 saturated heterocycles. The van der Waals surface area contributed by atoms with Crippen molar-refractivity contribution in [3.8, 4) is 0 Å². The highest BCUT2D eigenvalue weighted by atomic mass is 16.2. The second kappa shape index (κ2) is 8.76. The monoisotopic (exact) mass is 247 g/mol. The molecule has 0 fully saturated rings. The molecule has 18 heavy (non-hydrogen) atoms. The zero-order valence-corrected chi connectivity index (χ0v) is 11.4. The summed E-state index contributed by atoms with van der Waals surface area (Å²) in [5.74, 6) is 0. The minimum Gasteiger partial charge on any atom is -0.396 e. The maximum atomic E-state index is 8.69. The number of aliphatic hydroxyl groups is 1. The van der Waals surface area contributed by atoms with Crippen LogP contribution in [0.3, 0.4) is 0 Å². The molecule has 2 heteroatoms. The molecule has 0 aromatic carbocycles. The number of aromatic amines is 1. The first-order valence-corrected chi connectivity index (χ1v) is 6.89. The quantitative estimate of drug-likeness (QED) is 0.631. The summed E-state index contributed by atoms with van der Waals surface area (Å²) in [4.78, 5) is 3.44. The predicted octanol–water partition coefficient (Wildman–Crippen LogP) is 4.18. The van der Waals surface area contributed by atoms with Crippen LogP contribution >= 0.6 is 0 Å². The smallest absolute Gasteiger partial charge is 0.0452 e. The van der Waals surface area contributed by atoms with Gasteiger partial charge in [0.15, 0.2) is 0 Å². The van der Waals surface area contributed by atoms with Crippen LogP contribution in [0, 0.1) is 0 Å². The molecule has 0 radical (unpaired) electrons. The number of aryl methyl sites for hydroxylation is 1. The maximum absolute atomic E-state index is 8.69. The first-order valence-electron chi connectivity index (χ1n) is 6.89. The van der Waals surface area contributed by atoms with E-state index in [1.54, 1.807) is 0 Å². The summed E-state index contributed by atoms with van der Waals surface area (Å²) in [6.07, 6.45) is 12.9. The summed E-state index contributed by atoms with van der Waals surface area (Å²) in [7, 11) is 0. The maximum Gasteiger partial charge on any atom is 0.0452 e. The summed E-state index contributed by atoms with van der Waals surface area (Å²) in [5, 5.41) is 8.69. The van der Waals surface area contributed by atoms with Crippen LogP contribution in [-0.4, -0.2) is 16.7 Å². The van der Waals surface area contributed by atoms with Gasteiger partial charge in [0.1, 0.15) is 0 Å². The van der Waals surface area contributed by atoms with Crippen molar-refractivity contribution in [2.45, 2.75) is 45.4 Å². The van der Waals surface area contributed by atoms with Gasteiger partial charge in [-0.25, -0.2) is 0 Å². The largest absolute Gasteiger partial charge is 0.396 e. The third-order valence-electron chi connectivity index (χ3n) is 3.09. The fourth-order valence-corrected chi connectivity index (χ4v) is 2.11. The Labute approximate surface area is 110 Å². The molecule has 1 heterocycles. The highest BCUT2D eigenvalue weighted by Crippen LogP contribution is 2.16. The highest BCUT2D eigenvalue weighted by molar-refractivity contribution is 5.62. The van der Waals surface area contributed by atoms with Crippen molar-refractivity contribution in [2.75, 3.05) is 6.61 Å². The Morgan fingerprint density at radius 2 is 1.94 bits per heavy atom. The van der Waals surface area contributed by atoms with Gasteiger partial charge in [0.2, 0.25) is 0 Å². The lowest BCUT2D eigenvalue weighted by Gasteiger charge is -1.99. The third kappa shape index (κ3) is 4.92. The van der Waals surface area contributed by atoms with Crippen molar-refractivity contribution in [2.24, 2.45) is 0 Å². The summed E-state index contributed by atoms with van der Waals surface area (Å²) >= 11 is 0. The molecule has 0 aliphatic rings. The minimum absolute atomic E-state index is 0.325. The van der Waals surface area contributed by atoms with E-state index in [-0.39, 0.29) is 0 Å². The molecule has 0 saturated carbocycles. The van der Waals surface area contributed by atoms with Crippen LogP contribution in [0.25, 0.3) is 12.2 Å². The Morgan fingerprint density at radius 1 is 1.22 bits per heavy atom. The van der Waals surface area contributed by atoms with E-state index in [2.05, 4.69) is 23.7 Å². The van der Waals surface area contributed by atoms with E-state index in [9.17, 15) is 0 Å². The van der Waals surface area contributed by atoms with Gasteiger partial charge in [-0.2, -0.15) is 0 Å². The zero-order valence-electron chi connectivity index (χ0n) is 11.4. The number of hydrogen-bond donors (Lipinski definition) is 2. The van der Waals surface area contributed by atoms with Crippen molar-refractivity contribution in [1.82, 2.24) is 4.98 Å². The first kappa shape index (κ1) is 14.8. The topological polar surface area (TPSA) is 36.0 Å². The van der Waals surface area contributed by atoms with Crippen LogP contribution in [0.4, 0.5) is 0 Å². The van der Waals surface area contributed by atoms with Gasteiger partial charge in [-0.3, -0.25) is 0 Å². The molecule has 2 nitrogen and oxygen atoms in total. The molecular formula is C16H25NO. The Kier molecular flexibility index (Phi) is 7.19. The Balaban J connectivity index is 2.36. The number of aliphatic hydroxyl groups excluding tert-OH is 1. The molecular weight excluding hydrogens is 222 g/mol. The van der Waals surface area contributed by atoms with E-state index in [4.69, 9.17) is 5.11 Å². The van der Waals surface area contributed by atoms with Crippen molar-refractivity contribution in [1.29, 1.82) is 0 Å². The van der Waals surface area contributed by atoms with Gasteiger partial charge in [0.05, 0.1) is 0 Å². The third-order valence-corrected chi connectivity index (χ3v) is 3.09. The van der Waals surface area contributed by atoms with Gasteiger partial charge in [0.25, 0.3) is 0 Å². The van der Waals surface area contributed by atoms with Gasteiger partial charge < -0.3 is 10.1 Å². The Bertz CT molecular complexity index is 376. The lowest BCUT2D eigenvalue weighted by molar-refractivity contribution is 0.282. The number of aromatic nitrogens is 1. The number of H-pyrrole nitrogens is 1. The lowest BCUT2D eigenvalue weighted by atomic mass is 10.1. The van der Waals surface area contributed by atoms with Crippen LogP contribution in [0.5, 0.6) is 0 Å². The normalized spacial score (nSPS) is 11.2. The fraction of sp³-hybridized carbons (Fsp3) is 0.500. The average Bonchev–Trinajstić information content (AvgIpc) is 2.76. The molecule has 1 rings (SSSR count). The van der Waals surface area contributed by atoms with Crippen molar-refractivity contribution in [3.63, 3.8) is 0 Å². The summed E-state index contributed by atoms with van der Waals surface area (Å²) in [6, 6.07) is 2.19. The van der Waals surface area contributed by atoms with Crippen LogP contribution in [0.15, 0.2) is 18.7 Å². The summed E-state index contributed by atoms with van der Waals surface area (Å²) < 4.78 is 0. The van der Waals surface area contributed by atoms with Crippen molar-refractivity contribution >= 4 is 12.2 Å². The van der Waals surface area contributed by atoms with Crippen LogP contribution in [-0.2, 0) is 6.42 Å². The second-order valence-electron chi connectivity index (χ2n) is 4.61. The van der Waals surface area contributed by atoms with E-state index in [0.717, 1.165) is 25.0 Å². The Morgan fingerprint density at radius 3 is 2.61 bits per heavy atom. The molecule has 0 spiro atoms. The first-order chi connectivity index (χ1) is 8.81. The van der Waals surface area contributed by atoms with Gasteiger partial charge in [0, 0.05) is 18.0 Å². The Hall–Kier alpha value is -1.28. The van der Waals surface area contributed by atoms with Crippen LogP contribution in [0.2, 0.25) is 0 Å². The van der Waals surface area contributed by atoms with Crippen LogP contribution < -0.4 is 0 Å². The van der Waals surface area contributed by atoms with E-state index >= 15 is 0 Å². The van der Waals surface area contributed by atoms with Crippen LogP contribution in [0.1, 0.15) is 56.0 Å². The second-order valence-corrected chi connectivity index (χ2v) is 4.61. The molecule has 0 atom stereocenters. The van der Waals surface area contributed by atoms with Gasteiger partial charge in [-0.05, 0) is 43.9 Å². The van der Waals surface area contributed by atoms with E-state index in [0.29, 0.717) is 6.61 Å². The molecule has 1 aromatic rings. The standard InChI is InChI=1S/C16H25NO/c1-3-10-16-14(4-2)13-15(17-16)11-8-6-5-7-9-12-18/h3-4,10,13,17-18H,2,5-9,11-12H2,1H3/b10-3-. The SMILES string of the molecule is C=Cc1cc(CCCCCCCO)[nH]c1/C=C\C. The molecule has 0 unspecified atom stereocenters. The molecule has 0 aliphatic heterocycles. The average molecular weight is 247 g/mol. The number of hydrogen-bond acceptors (Lipinski definition) is 1. The number of nitrogens with one attached hydrogen (secondary N) is 1. The molecule has 0 amide bonds.